The number of rotatable bonds is 11. The van der Waals surface area contributed by atoms with Crippen LogP contribution in [-0.2, 0) is 0 Å². The summed E-state index contributed by atoms with van der Waals surface area (Å²) in [5.41, 5.74) is 7.50. The van der Waals surface area contributed by atoms with Crippen molar-refractivity contribution in [2.24, 2.45) is 0 Å². The van der Waals surface area contributed by atoms with Gasteiger partial charge in [-0.15, -0.1) is 45.3 Å². The first-order valence-corrected chi connectivity index (χ1v) is 38.0. The predicted octanol–water partition coefficient (Wildman–Crippen LogP) is 18.9. The fourth-order valence-corrected chi connectivity index (χ4v) is 30.7. The largest absolute Gasteiger partial charge is 0.182 e. The van der Waals surface area contributed by atoms with Crippen LogP contribution in [0.3, 0.4) is 0 Å². The summed E-state index contributed by atoms with van der Waals surface area (Å²) >= 11 is 7.74. The third-order valence-corrected chi connectivity index (χ3v) is 33.8. The van der Waals surface area contributed by atoms with Gasteiger partial charge in [-0.2, -0.15) is 0 Å². The van der Waals surface area contributed by atoms with Gasteiger partial charge in [-0.3, -0.25) is 0 Å². The van der Waals surface area contributed by atoms with Gasteiger partial charge < -0.3 is 0 Å². The summed E-state index contributed by atoms with van der Waals surface area (Å²) in [5, 5.41) is 21.7. The van der Waals surface area contributed by atoms with Gasteiger partial charge in [0.2, 0.25) is 0 Å². The summed E-state index contributed by atoms with van der Waals surface area (Å²) in [6, 6.07) is 125. The first kappa shape index (κ1) is 53.4. The molecule has 0 bridgehead atoms. The third-order valence-electron chi connectivity index (χ3n) is 19.0. The monoisotopic (exact) mass is 1250 g/mol. The Balaban J connectivity index is 0.767. The van der Waals surface area contributed by atoms with Gasteiger partial charge >= 0.3 is 0 Å². The highest BCUT2D eigenvalue weighted by atomic mass is 32.1. The normalized spacial score (nSPS) is 12.2. The zero-order valence-corrected chi connectivity index (χ0v) is 54.1. The van der Waals surface area contributed by atoms with Gasteiger partial charge in [0.1, 0.15) is 0 Å². The van der Waals surface area contributed by atoms with Crippen LogP contribution in [0, 0.1) is 0 Å². The highest BCUT2D eigenvalue weighted by molar-refractivity contribution is 7.34. The van der Waals surface area contributed by atoms with Crippen LogP contribution < -0.4 is 41.5 Å². The van der Waals surface area contributed by atoms with Crippen LogP contribution >= 0.6 is 45.3 Å². The topological polar surface area (TPSA) is 0 Å². The van der Waals surface area contributed by atoms with Gasteiger partial charge in [-0.05, 0) is 105 Å². The fraction of sp³-hybridized carbons (Fsp3) is 0. The van der Waals surface area contributed by atoms with Crippen molar-refractivity contribution in [3.8, 4) is 33.4 Å². The second-order valence-electron chi connectivity index (χ2n) is 23.7. The van der Waals surface area contributed by atoms with Crippen LogP contribution in [0.2, 0.25) is 0 Å². The lowest BCUT2D eigenvalue weighted by Gasteiger charge is -2.35. The van der Waals surface area contributed by atoms with Gasteiger partial charge in [0, 0.05) is 80.7 Å². The molecule has 0 spiro atoms. The lowest BCUT2D eigenvalue weighted by Crippen LogP contribution is -2.74. The Bertz CT molecular complexity index is 5720. The van der Waals surface area contributed by atoms with Crippen LogP contribution in [0.4, 0.5) is 0 Å². The number of hydrogen-bond donors (Lipinski definition) is 0. The van der Waals surface area contributed by atoms with Crippen molar-refractivity contribution in [3.63, 3.8) is 0 Å². The molecule has 0 radical (unpaired) electrons. The van der Waals surface area contributed by atoms with Crippen molar-refractivity contribution < 1.29 is 0 Å². The molecular weight excluding hydrogens is 1190 g/mol. The van der Waals surface area contributed by atoms with E-state index >= 15 is 0 Å². The fourth-order valence-electron chi connectivity index (χ4n) is 15.0. The van der Waals surface area contributed by atoms with Gasteiger partial charge in [0.25, 0.3) is 0 Å². The van der Waals surface area contributed by atoms with E-state index in [0.717, 1.165) is 0 Å². The summed E-state index contributed by atoms with van der Waals surface area (Å²) in [6.07, 6.45) is 0. The van der Waals surface area contributed by atoms with E-state index in [1.807, 2.05) is 45.3 Å². The maximum Gasteiger partial charge on any atom is 0.182 e. The van der Waals surface area contributed by atoms with Gasteiger partial charge in [0.15, 0.2) is 16.1 Å². The highest BCUT2D eigenvalue weighted by Gasteiger charge is 2.45. The second kappa shape index (κ2) is 21.6. The molecule has 90 heavy (non-hydrogen) atoms. The average molecular weight is 1250 g/mol. The molecule has 0 saturated carbocycles. The molecule has 0 N–H and O–H groups in total. The van der Waals surface area contributed by atoms with Crippen molar-refractivity contribution in [1.29, 1.82) is 0 Å². The molecule has 4 aromatic heterocycles. The maximum absolute atomic E-state index is 2.97. The molecule has 4 heterocycles. The number of fused-ring (bicyclic) bond motifs is 12. The number of hydrogen-bond acceptors (Lipinski definition) is 4. The van der Waals surface area contributed by atoms with E-state index in [2.05, 4.69) is 328 Å². The molecule has 0 aliphatic heterocycles. The zero-order valence-electron chi connectivity index (χ0n) is 48.8. The van der Waals surface area contributed by atoms with Crippen LogP contribution in [0.15, 0.2) is 328 Å². The van der Waals surface area contributed by atoms with Crippen LogP contribution in [0.1, 0.15) is 0 Å². The Hall–Kier alpha value is -9.61. The summed E-state index contributed by atoms with van der Waals surface area (Å²) in [5.74, 6) is 0. The van der Waals surface area contributed by atoms with E-state index < -0.39 is 16.1 Å². The number of benzene rings is 14. The maximum atomic E-state index is 2.54. The van der Waals surface area contributed by atoms with E-state index in [9.17, 15) is 0 Å². The number of thiophene rings is 4. The van der Waals surface area contributed by atoms with Crippen molar-refractivity contribution in [3.05, 3.63) is 328 Å². The summed E-state index contributed by atoms with van der Waals surface area (Å²) in [6.45, 7) is 0. The molecule has 14 aromatic carbocycles. The summed E-state index contributed by atoms with van der Waals surface area (Å²) < 4.78 is 10.7. The van der Waals surface area contributed by atoms with E-state index in [4.69, 9.17) is 0 Å². The van der Waals surface area contributed by atoms with Crippen molar-refractivity contribution >= 4 is 184 Å². The Morgan fingerprint density at radius 1 is 0.178 bits per heavy atom. The molecule has 18 rings (SSSR count). The smallest absolute Gasteiger partial charge is 0.135 e. The minimum Gasteiger partial charge on any atom is -0.135 e. The minimum absolute atomic E-state index is 1.23. The Morgan fingerprint density at radius 3 is 1.03 bits per heavy atom. The average Bonchev–Trinajstić information content (AvgIpc) is 1.34. The summed E-state index contributed by atoms with van der Waals surface area (Å²) in [7, 11) is -5.94. The van der Waals surface area contributed by atoms with Crippen LogP contribution in [0.25, 0.3) is 114 Å². The molecule has 0 fully saturated rings. The molecule has 422 valence electrons. The second-order valence-corrected chi connectivity index (χ2v) is 35.4. The van der Waals surface area contributed by atoms with Crippen molar-refractivity contribution in [2.75, 3.05) is 0 Å². The Labute approximate surface area is 540 Å². The van der Waals surface area contributed by atoms with E-state index in [1.165, 1.54) is 156 Å². The standard InChI is InChI=1S/C84H54S4Si2/c1-5-25-59(26-6-1)89(60-27-7-2-8-28-60,63-33-17-23-57(51-63)65-37-19-39-70-67-35-13-15-43-75(67)85-81(65)70)64-34-18-24-58(52-64)66-38-20-40-71-69-49-47-56(54-78(69)88-82(66)71)55-48-50-77-74(53-55)73-42-22-46-80(84(73)87-77)90(61-29-9-3-10-30-61,62-31-11-4-12-32-62)79-45-21-41-72-68-36-14-16-44-76(68)86-83(72)79/h1-54H. The van der Waals surface area contributed by atoms with Crippen LogP contribution in [-0.4, -0.2) is 16.1 Å². The van der Waals surface area contributed by atoms with E-state index in [0.29, 0.717) is 0 Å². The molecule has 0 nitrogen and oxygen atoms in total. The SMILES string of the molecule is c1ccc([Si](c2ccccc2)(c2cccc(-c3cccc4c3sc3ccccc34)c2)c2cccc(-c3cccc4c3sc3cc(-c5ccc6sc7c([Si](c8ccccc8)(c8ccccc8)c8cccc9c8sc8ccccc89)cccc7c6c5)ccc34)c2)cc1. The van der Waals surface area contributed by atoms with Gasteiger partial charge in [-0.1, -0.05) is 297 Å². The molecule has 0 amide bonds. The molecule has 0 atom stereocenters. The quantitative estimate of drug-likeness (QED) is 0.0894. The molecule has 6 heteroatoms. The third kappa shape index (κ3) is 8.26. The minimum atomic E-state index is -2.97. The molecule has 0 aliphatic rings. The molecular formula is C84H54S4Si2. The zero-order chi connectivity index (χ0) is 59.3. The van der Waals surface area contributed by atoms with E-state index in [1.54, 1.807) is 0 Å². The molecule has 0 saturated heterocycles. The highest BCUT2D eigenvalue weighted by Crippen LogP contribution is 2.44. The lowest BCUT2D eigenvalue weighted by atomic mass is 10.00. The van der Waals surface area contributed by atoms with Crippen molar-refractivity contribution in [2.45, 2.75) is 0 Å². The van der Waals surface area contributed by atoms with Gasteiger partial charge in [0.05, 0.1) is 0 Å². The first-order chi connectivity index (χ1) is 44.6. The molecule has 18 aromatic rings. The van der Waals surface area contributed by atoms with E-state index in [-0.39, 0.29) is 0 Å². The molecule has 0 unspecified atom stereocenters. The Morgan fingerprint density at radius 2 is 0.522 bits per heavy atom. The molecule has 0 aliphatic carbocycles. The summed E-state index contributed by atoms with van der Waals surface area (Å²) in [4.78, 5) is 0. The Kier molecular flexibility index (Phi) is 12.8. The lowest BCUT2D eigenvalue weighted by molar-refractivity contribution is 1.64. The van der Waals surface area contributed by atoms with Crippen molar-refractivity contribution in [1.82, 2.24) is 0 Å². The predicted molar refractivity (Wildman–Crippen MR) is 402 cm³/mol. The van der Waals surface area contributed by atoms with Crippen LogP contribution in [0.5, 0.6) is 0 Å². The van der Waals surface area contributed by atoms with Gasteiger partial charge in [-0.25, -0.2) is 0 Å². The first-order valence-electron chi connectivity index (χ1n) is 30.8.